The second kappa shape index (κ2) is 4.40. The lowest BCUT2D eigenvalue weighted by molar-refractivity contribution is -0.132. The van der Waals surface area contributed by atoms with Crippen molar-refractivity contribution in [3.63, 3.8) is 0 Å². The highest BCUT2D eigenvalue weighted by Crippen LogP contribution is 2.20. The molecule has 0 aliphatic carbocycles. The molecule has 0 spiro atoms. The number of rotatable bonds is 1. The van der Waals surface area contributed by atoms with Gasteiger partial charge in [0, 0.05) is 39.0 Å². The summed E-state index contributed by atoms with van der Waals surface area (Å²) in [5.41, 5.74) is 1.10. The van der Waals surface area contributed by atoms with E-state index in [1.54, 1.807) is 13.1 Å². The summed E-state index contributed by atoms with van der Waals surface area (Å²) in [5.74, 6) is 0.130. The second-order valence-electron chi connectivity index (χ2n) is 3.72. The van der Waals surface area contributed by atoms with Crippen LogP contribution in [0.15, 0.2) is 24.5 Å². The molecule has 1 aromatic rings. The van der Waals surface area contributed by atoms with Crippen LogP contribution in [0.5, 0.6) is 0 Å². The zero-order valence-corrected chi connectivity index (χ0v) is 8.81. The third-order valence-corrected chi connectivity index (χ3v) is 2.72. The molecule has 1 saturated heterocycles. The predicted molar refractivity (Wildman–Crippen MR) is 57.2 cm³/mol. The third-order valence-electron chi connectivity index (χ3n) is 2.72. The fourth-order valence-corrected chi connectivity index (χ4v) is 1.95. The molecule has 0 radical (unpaired) electrons. The minimum absolute atomic E-state index is 0.130. The number of carbonyl (C=O) groups excluding carboxylic acids is 1. The number of carbonyl (C=O) groups is 1. The van der Waals surface area contributed by atoms with Gasteiger partial charge in [0.05, 0.1) is 6.04 Å². The smallest absolute Gasteiger partial charge is 0.220 e. The van der Waals surface area contributed by atoms with E-state index in [9.17, 15) is 4.79 Å². The quantitative estimate of drug-likeness (QED) is 0.729. The standard InChI is InChI=1S/C11H15N3O/c1-9(15)14-6-5-13-8-11(14)10-3-2-4-12-7-10/h2-4,7,11,13H,5-6,8H2,1H3. The number of amides is 1. The van der Waals surface area contributed by atoms with Crippen molar-refractivity contribution < 1.29 is 4.79 Å². The van der Waals surface area contributed by atoms with Crippen LogP contribution in [0, 0.1) is 0 Å². The highest BCUT2D eigenvalue weighted by Gasteiger charge is 2.25. The van der Waals surface area contributed by atoms with Gasteiger partial charge >= 0.3 is 0 Å². The van der Waals surface area contributed by atoms with E-state index in [0.29, 0.717) is 0 Å². The van der Waals surface area contributed by atoms with E-state index in [1.165, 1.54) is 0 Å². The van der Waals surface area contributed by atoms with Crippen molar-refractivity contribution in [1.29, 1.82) is 0 Å². The molecule has 2 heterocycles. The van der Waals surface area contributed by atoms with Crippen LogP contribution in [-0.2, 0) is 4.79 Å². The molecule has 1 amide bonds. The Balaban J connectivity index is 2.22. The zero-order valence-electron chi connectivity index (χ0n) is 8.81. The highest BCUT2D eigenvalue weighted by molar-refractivity contribution is 5.74. The summed E-state index contributed by atoms with van der Waals surface area (Å²) in [5, 5.41) is 3.30. The minimum atomic E-state index is 0.130. The van der Waals surface area contributed by atoms with E-state index in [-0.39, 0.29) is 11.9 Å². The van der Waals surface area contributed by atoms with Gasteiger partial charge in [0.1, 0.15) is 0 Å². The summed E-state index contributed by atoms with van der Waals surface area (Å²) in [6.07, 6.45) is 3.57. The van der Waals surface area contributed by atoms with Crippen molar-refractivity contribution in [3.8, 4) is 0 Å². The number of pyridine rings is 1. The fourth-order valence-electron chi connectivity index (χ4n) is 1.95. The van der Waals surface area contributed by atoms with Gasteiger partial charge in [0.15, 0.2) is 0 Å². The molecule has 1 unspecified atom stereocenters. The fraction of sp³-hybridized carbons (Fsp3) is 0.455. The Morgan fingerprint density at radius 2 is 2.53 bits per heavy atom. The summed E-state index contributed by atoms with van der Waals surface area (Å²) in [6.45, 7) is 4.07. The first-order valence-electron chi connectivity index (χ1n) is 5.17. The molecular weight excluding hydrogens is 190 g/mol. The topological polar surface area (TPSA) is 45.2 Å². The van der Waals surface area contributed by atoms with E-state index in [4.69, 9.17) is 0 Å². The average Bonchev–Trinajstić information content (AvgIpc) is 2.30. The first kappa shape index (κ1) is 10.1. The molecule has 1 aromatic heterocycles. The van der Waals surface area contributed by atoms with Crippen molar-refractivity contribution in [2.75, 3.05) is 19.6 Å². The van der Waals surface area contributed by atoms with Gasteiger partial charge < -0.3 is 10.2 Å². The molecular formula is C11H15N3O. The highest BCUT2D eigenvalue weighted by atomic mass is 16.2. The molecule has 4 nitrogen and oxygen atoms in total. The van der Waals surface area contributed by atoms with Gasteiger partial charge in [-0.25, -0.2) is 0 Å². The van der Waals surface area contributed by atoms with E-state index >= 15 is 0 Å². The molecule has 15 heavy (non-hydrogen) atoms. The molecule has 1 aliphatic rings. The molecule has 80 valence electrons. The van der Waals surface area contributed by atoms with Crippen LogP contribution >= 0.6 is 0 Å². The molecule has 4 heteroatoms. The Morgan fingerprint density at radius 3 is 3.20 bits per heavy atom. The molecule has 1 aliphatic heterocycles. The largest absolute Gasteiger partial charge is 0.333 e. The van der Waals surface area contributed by atoms with Crippen LogP contribution in [0.2, 0.25) is 0 Å². The van der Waals surface area contributed by atoms with E-state index < -0.39 is 0 Å². The summed E-state index contributed by atoms with van der Waals surface area (Å²) in [6, 6.07) is 4.05. The Hall–Kier alpha value is -1.42. The van der Waals surface area contributed by atoms with E-state index in [2.05, 4.69) is 10.3 Å². The lowest BCUT2D eigenvalue weighted by Gasteiger charge is -2.35. The van der Waals surface area contributed by atoms with Crippen molar-refractivity contribution in [2.24, 2.45) is 0 Å². The van der Waals surface area contributed by atoms with Crippen molar-refractivity contribution in [3.05, 3.63) is 30.1 Å². The monoisotopic (exact) mass is 205 g/mol. The maximum absolute atomic E-state index is 11.5. The third kappa shape index (κ3) is 2.15. The number of aromatic nitrogens is 1. The second-order valence-corrected chi connectivity index (χ2v) is 3.72. The SMILES string of the molecule is CC(=O)N1CCNCC1c1cccnc1. The summed E-state index contributed by atoms with van der Waals surface area (Å²) in [7, 11) is 0. The lowest BCUT2D eigenvalue weighted by Crippen LogP contribution is -2.47. The van der Waals surface area contributed by atoms with Crippen molar-refractivity contribution in [2.45, 2.75) is 13.0 Å². The van der Waals surface area contributed by atoms with Crippen LogP contribution in [0.1, 0.15) is 18.5 Å². The Bertz CT molecular complexity index is 339. The van der Waals surface area contributed by atoms with Crippen LogP contribution in [0.4, 0.5) is 0 Å². The molecule has 0 saturated carbocycles. The summed E-state index contributed by atoms with van der Waals surface area (Å²) in [4.78, 5) is 17.4. The Morgan fingerprint density at radius 1 is 1.67 bits per heavy atom. The molecule has 0 aromatic carbocycles. The van der Waals surface area contributed by atoms with Crippen LogP contribution in [0.3, 0.4) is 0 Å². The Labute approximate surface area is 89.3 Å². The number of piperazine rings is 1. The normalized spacial score (nSPS) is 21.4. The molecule has 1 atom stereocenters. The zero-order chi connectivity index (χ0) is 10.7. The molecule has 1 N–H and O–H groups in total. The summed E-state index contributed by atoms with van der Waals surface area (Å²) < 4.78 is 0. The van der Waals surface area contributed by atoms with Crippen LogP contribution in [-0.4, -0.2) is 35.4 Å². The Kier molecular flexibility index (Phi) is 2.97. The molecule has 0 bridgehead atoms. The number of nitrogens with one attached hydrogen (secondary N) is 1. The molecule has 2 rings (SSSR count). The van der Waals surface area contributed by atoms with Gasteiger partial charge in [-0.15, -0.1) is 0 Å². The van der Waals surface area contributed by atoms with Crippen molar-refractivity contribution in [1.82, 2.24) is 15.2 Å². The predicted octanol–water partition coefficient (Wildman–Crippen LogP) is 0.574. The summed E-state index contributed by atoms with van der Waals surface area (Å²) >= 11 is 0. The van der Waals surface area contributed by atoms with Gasteiger partial charge in [-0.1, -0.05) is 6.07 Å². The average molecular weight is 205 g/mol. The number of hydrogen-bond acceptors (Lipinski definition) is 3. The van der Waals surface area contributed by atoms with E-state index in [1.807, 2.05) is 23.2 Å². The van der Waals surface area contributed by atoms with Crippen LogP contribution in [0.25, 0.3) is 0 Å². The minimum Gasteiger partial charge on any atom is -0.333 e. The van der Waals surface area contributed by atoms with Gasteiger partial charge in [-0.3, -0.25) is 9.78 Å². The molecule has 1 fully saturated rings. The van der Waals surface area contributed by atoms with E-state index in [0.717, 1.165) is 25.2 Å². The maximum atomic E-state index is 11.5. The van der Waals surface area contributed by atoms with Crippen molar-refractivity contribution >= 4 is 5.91 Å². The number of nitrogens with zero attached hydrogens (tertiary/aromatic N) is 2. The lowest BCUT2D eigenvalue weighted by atomic mass is 10.1. The van der Waals surface area contributed by atoms with Gasteiger partial charge in [-0.05, 0) is 11.6 Å². The van der Waals surface area contributed by atoms with Gasteiger partial charge in [-0.2, -0.15) is 0 Å². The maximum Gasteiger partial charge on any atom is 0.220 e. The first-order valence-corrected chi connectivity index (χ1v) is 5.17. The first-order chi connectivity index (χ1) is 7.29. The van der Waals surface area contributed by atoms with Gasteiger partial charge in [0.25, 0.3) is 0 Å². The number of hydrogen-bond donors (Lipinski definition) is 1. The van der Waals surface area contributed by atoms with Crippen LogP contribution < -0.4 is 5.32 Å². The van der Waals surface area contributed by atoms with Gasteiger partial charge in [0.2, 0.25) is 5.91 Å².